The van der Waals surface area contributed by atoms with Crippen LogP contribution >= 0.6 is 24.0 Å². The third kappa shape index (κ3) is 4.45. The predicted octanol–water partition coefficient (Wildman–Crippen LogP) is 5.60. The van der Waals surface area contributed by atoms with Crippen molar-refractivity contribution in [2.75, 3.05) is 10.2 Å². The lowest BCUT2D eigenvalue weighted by Gasteiger charge is -2.29. The Morgan fingerprint density at radius 3 is 2.43 bits per heavy atom. The van der Waals surface area contributed by atoms with Gasteiger partial charge in [0, 0.05) is 17.5 Å². The Labute approximate surface area is 177 Å². The topological polar surface area (TPSA) is 47.5 Å². The molecule has 2 aromatic rings. The molecule has 1 aliphatic rings. The summed E-state index contributed by atoms with van der Waals surface area (Å²) in [5, 5.41) is 19.3. The van der Waals surface area contributed by atoms with Gasteiger partial charge in [-0.1, -0.05) is 50.7 Å². The van der Waals surface area contributed by atoms with Crippen LogP contribution in [-0.4, -0.2) is 15.7 Å². The van der Waals surface area contributed by atoms with E-state index in [1.165, 1.54) is 5.56 Å². The van der Waals surface area contributed by atoms with Gasteiger partial charge in [-0.05, 0) is 66.2 Å². The minimum Gasteiger partial charge on any atom is -0.508 e. The Bertz CT molecular complexity index is 901. The first kappa shape index (κ1) is 20.6. The number of rotatable bonds is 3. The van der Waals surface area contributed by atoms with Gasteiger partial charge in [0.25, 0.3) is 0 Å². The van der Waals surface area contributed by atoms with Gasteiger partial charge in [0.05, 0.1) is 5.69 Å². The lowest BCUT2D eigenvalue weighted by molar-refractivity contribution is 0.471. The first-order chi connectivity index (χ1) is 13.2. The summed E-state index contributed by atoms with van der Waals surface area (Å²) >= 11 is 7.17. The molecular weight excluding hydrogens is 386 g/mol. The number of thioether (sulfide) groups is 1. The van der Waals surface area contributed by atoms with E-state index in [9.17, 15) is 5.11 Å². The van der Waals surface area contributed by atoms with E-state index in [1.54, 1.807) is 17.8 Å². The Hall–Kier alpha value is -2.18. The maximum atomic E-state index is 10.1. The highest BCUT2D eigenvalue weighted by Gasteiger charge is 2.25. The van der Waals surface area contributed by atoms with Crippen molar-refractivity contribution in [3.8, 4) is 5.75 Å². The molecule has 4 nitrogen and oxygen atoms in total. The summed E-state index contributed by atoms with van der Waals surface area (Å²) in [4.78, 5) is 2.10. The molecule has 0 amide bonds. The molecule has 0 aromatic heterocycles. The van der Waals surface area contributed by atoms with Crippen molar-refractivity contribution in [3.05, 3.63) is 64.7 Å². The highest BCUT2D eigenvalue weighted by molar-refractivity contribution is 8.03. The normalized spacial score (nSPS) is 16.3. The molecule has 0 saturated carbocycles. The summed E-state index contributed by atoms with van der Waals surface area (Å²) in [6.07, 6.45) is 2.01. The van der Waals surface area contributed by atoms with Crippen LogP contribution in [0.15, 0.2) is 48.0 Å². The molecule has 148 valence electrons. The zero-order valence-corrected chi connectivity index (χ0v) is 18.5. The average molecular weight is 414 g/mol. The fourth-order valence-electron chi connectivity index (χ4n) is 3.17. The molecule has 0 aliphatic carbocycles. The molecule has 3 rings (SSSR count). The molecule has 0 saturated heterocycles. The molecule has 6 heteroatoms. The zero-order chi connectivity index (χ0) is 20.5. The monoisotopic (exact) mass is 413 g/mol. The molecule has 0 spiro atoms. The van der Waals surface area contributed by atoms with Gasteiger partial charge in [0.2, 0.25) is 0 Å². The van der Waals surface area contributed by atoms with Crippen LogP contribution in [0.25, 0.3) is 0 Å². The molecule has 1 aliphatic heterocycles. The van der Waals surface area contributed by atoms with E-state index in [4.69, 9.17) is 12.2 Å². The third-order valence-corrected chi connectivity index (χ3v) is 5.91. The molecule has 0 bridgehead atoms. The number of aryl methyl sites for hydroxylation is 1. The highest BCUT2D eigenvalue weighted by atomic mass is 32.2. The summed E-state index contributed by atoms with van der Waals surface area (Å²) < 4.78 is 0. The fraction of sp³-hybridized carbons (Fsp3) is 0.318. The van der Waals surface area contributed by atoms with Gasteiger partial charge in [0.15, 0.2) is 10.6 Å². The SMILES string of the molecule is Cc1ccc(O)c(C)c1N1C=CSC1NC(=S)Nc1ccc(C(C)(C)C)cc1. The van der Waals surface area contributed by atoms with E-state index in [-0.39, 0.29) is 10.9 Å². The number of benzene rings is 2. The number of anilines is 2. The van der Waals surface area contributed by atoms with Gasteiger partial charge in [-0.2, -0.15) is 0 Å². The summed E-state index contributed by atoms with van der Waals surface area (Å²) in [5.41, 5.74) is 5.25. The second-order valence-electron chi connectivity index (χ2n) is 7.98. The van der Waals surface area contributed by atoms with Crippen LogP contribution in [0.3, 0.4) is 0 Å². The second-order valence-corrected chi connectivity index (χ2v) is 9.38. The van der Waals surface area contributed by atoms with Crippen molar-refractivity contribution in [3.63, 3.8) is 0 Å². The van der Waals surface area contributed by atoms with Crippen LogP contribution < -0.4 is 15.5 Å². The minimum atomic E-state index is -0.0759. The predicted molar refractivity (Wildman–Crippen MR) is 125 cm³/mol. The number of nitrogens with one attached hydrogen (secondary N) is 2. The summed E-state index contributed by atoms with van der Waals surface area (Å²) in [7, 11) is 0. The van der Waals surface area contributed by atoms with Gasteiger partial charge in [-0.15, -0.1) is 0 Å². The number of phenolic OH excluding ortho intramolecular Hbond substituents is 1. The van der Waals surface area contributed by atoms with Crippen LogP contribution in [0.1, 0.15) is 37.5 Å². The van der Waals surface area contributed by atoms with E-state index in [1.807, 2.05) is 31.5 Å². The molecule has 28 heavy (non-hydrogen) atoms. The Balaban J connectivity index is 1.70. The third-order valence-electron chi connectivity index (χ3n) is 4.81. The zero-order valence-electron chi connectivity index (χ0n) is 16.9. The van der Waals surface area contributed by atoms with E-state index in [0.29, 0.717) is 10.9 Å². The molecular formula is C22H27N3OS2. The maximum absolute atomic E-state index is 10.1. The van der Waals surface area contributed by atoms with Crippen molar-refractivity contribution < 1.29 is 5.11 Å². The van der Waals surface area contributed by atoms with Crippen molar-refractivity contribution in [2.24, 2.45) is 0 Å². The van der Waals surface area contributed by atoms with Crippen LogP contribution in [0.2, 0.25) is 0 Å². The standard InChI is InChI=1S/C22H27N3OS2/c1-14-6-11-18(26)15(2)19(14)25-12-13-28-21(25)24-20(27)23-17-9-7-16(8-10-17)22(3,4)5/h6-13,21,26H,1-5H3,(H2,23,24,27). The quantitative estimate of drug-likeness (QED) is 0.569. The van der Waals surface area contributed by atoms with E-state index in [0.717, 1.165) is 22.5 Å². The first-order valence-electron chi connectivity index (χ1n) is 9.24. The Kier molecular flexibility index (Phi) is 5.91. The average Bonchev–Trinajstić information content (AvgIpc) is 3.06. The van der Waals surface area contributed by atoms with Gasteiger partial charge < -0.3 is 20.6 Å². The number of nitrogens with zero attached hydrogens (tertiary/aromatic N) is 1. The molecule has 2 aromatic carbocycles. The summed E-state index contributed by atoms with van der Waals surface area (Å²) in [6, 6.07) is 12.0. The van der Waals surface area contributed by atoms with Crippen LogP contribution in [0, 0.1) is 13.8 Å². The maximum Gasteiger partial charge on any atom is 0.173 e. The number of phenols is 1. The van der Waals surface area contributed by atoms with Crippen LogP contribution in [-0.2, 0) is 5.41 Å². The van der Waals surface area contributed by atoms with Gasteiger partial charge in [-0.25, -0.2) is 0 Å². The first-order valence-corrected chi connectivity index (χ1v) is 10.6. The summed E-state index contributed by atoms with van der Waals surface area (Å²) in [6.45, 7) is 10.6. The number of hydrogen-bond acceptors (Lipinski definition) is 4. The summed E-state index contributed by atoms with van der Waals surface area (Å²) in [5.74, 6) is 0.296. The molecule has 1 heterocycles. The van der Waals surface area contributed by atoms with Crippen LogP contribution in [0.5, 0.6) is 5.75 Å². The van der Waals surface area contributed by atoms with Gasteiger partial charge in [0.1, 0.15) is 5.75 Å². The Morgan fingerprint density at radius 2 is 1.79 bits per heavy atom. The van der Waals surface area contributed by atoms with Gasteiger partial charge in [-0.3, -0.25) is 0 Å². The largest absolute Gasteiger partial charge is 0.508 e. The molecule has 3 N–H and O–H groups in total. The van der Waals surface area contributed by atoms with Crippen molar-refractivity contribution in [1.82, 2.24) is 5.32 Å². The van der Waals surface area contributed by atoms with Crippen molar-refractivity contribution >= 4 is 40.5 Å². The number of hydrogen-bond donors (Lipinski definition) is 3. The number of thiocarbonyl (C=S) groups is 1. The van der Waals surface area contributed by atoms with E-state index in [2.05, 4.69) is 60.6 Å². The van der Waals surface area contributed by atoms with Crippen LogP contribution in [0.4, 0.5) is 11.4 Å². The Morgan fingerprint density at radius 1 is 1.11 bits per heavy atom. The fourth-order valence-corrected chi connectivity index (χ4v) is 4.32. The van der Waals surface area contributed by atoms with Gasteiger partial charge >= 0.3 is 0 Å². The smallest absolute Gasteiger partial charge is 0.173 e. The minimum absolute atomic E-state index is 0.0759. The van der Waals surface area contributed by atoms with E-state index >= 15 is 0 Å². The molecule has 0 fully saturated rings. The molecule has 0 radical (unpaired) electrons. The lowest BCUT2D eigenvalue weighted by atomic mass is 9.87. The number of aromatic hydroxyl groups is 1. The van der Waals surface area contributed by atoms with Crippen molar-refractivity contribution in [1.29, 1.82) is 0 Å². The highest BCUT2D eigenvalue weighted by Crippen LogP contribution is 2.37. The van der Waals surface area contributed by atoms with E-state index < -0.39 is 0 Å². The molecule has 1 unspecified atom stereocenters. The van der Waals surface area contributed by atoms with Crippen molar-refractivity contribution in [2.45, 2.75) is 45.5 Å². The second kappa shape index (κ2) is 8.05. The molecule has 1 atom stereocenters. The lowest BCUT2D eigenvalue weighted by Crippen LogP contribution is -2.44.